The molecule has 2 aromatic carbocycles. The van der Waals surface area contributed by atoms with Gasteiger partial charge in [0, 0.05) is 6.54 Å². The molecule has 0 radical (unpaired) electrons. The molecule has 8 heteroatoms. The number of hydrogen-bond donors (Lipinski definition) is 1. The molecule has 0 aromatic heterocycles. The lowest BCUT2D eigenvalue weighted by Crippen LogP contribution is -2.56. The fourth-order valence-electron chi connectivity index (χ4n) is 5.67. The highest BCUT2D eigenvalue weighted by molar-refractivity contribution is 6.07. The third kappa shape index (κ3) is 4.74. The molecule has 192 valence electrons. The first-order valence-electron chi connectivity index (χ1n) is 13.0. The van der Waals surface area contributed by atoms with Crippen LogP contribution in [0.15, 0.2) is 48.5 Å². The van der Waals surface area contributed by atoms with Gasteiger partial charge in [0.1, 0.15) is 17.9 Å². The van der Waals surface area contributed by atoms with Gasteiger partial charge in [0.15, 0.2) is 17.6 Å². The van der Waals surface area contributed by atoms with Gasteiger partial charge in [-0.2, -0.15) is 0 Å². The second-order valence-corrected chi connectivity index (χ2v) is 9.80. The number of nitrogens with one attached hydrogen (secondary N) is 1. The van der Waals surface area contributed by atoms with Crippen molar-refractivity contribution in [3.05, 3.63) is 54.1 Å². The molecule has 0 aliphatic carbocycles. The van der Waals surface area contributed by atoms with Crippen LogP contribution in [0.4, 0.5) is 4.79 Å². The summed E-state index contributed by atoms with van der Waals surface area (Å²) in [5.41, 5.74) is 0.394. The van der Waals surface area contributed by atoms with Crippen molar-refractivity contribution in [1.82, 2.24) is 15.1 Å². The molecule has 5 rings (SSSR count). The van der Waals surface area contributed by atoms with Gasteiger partial charge in [-0.1, -0.05) is 31.2 Å². The molecule has 8 nitrogen and oxygen atoms in total. The van der Waals surface area contributed by atoms with Crippen molar-refractivity contribution in [1.29, 1.82) is 0 Å². The van der Waals surface area contributed by atoms with Crippen molar-refractivity contribution >= 4 is 11.9 Å². The molecular formula is C28H35N3O5. The first-order chi connectivity index (χ1) is 17.5. The van der Waals surface area contributed by atoms with Crippen molar-refractivity contribution in [2.24, 2.45) is 5.92 Å². The number of nitrogens with zero attached hydrogens (tertiary/aromatic N) is 2. The van der Waals surface area contributed by atoms with Gasteiger partial charge in [0.2, 0.25) is 0 Å². The minimum absolute atomic E-state index is 0.102. The first kappa shape index (κ1) is 24.4. The maximum atomic E-state index is 13.7. The number of amides is 3. The maximum Gasteiger partial charge on any atom is 0.325 e. The number of imide groups is 1. The predicted octanol–water partition coefficient (Wildman–Crippen LogP) is 3.84. The molecule has 0 bridgehead atoms. The number of likely N-dealkylation sites (tertiary alicyclic amines) is 1. The van der Waals surface area contributed by atoms with E-state index in [1.165, 1.54) is 10.5 Å². The summed E-state index contributed by atoms with van der Waals surface area (Å²) in [5.74, 6) is 2.18. The van der Waals surface area contributed by atoms with Crippen molar-refractivity contribution in [3.63, 3.8) is 0 Å². The molecule has 3 aliphatic heterocycles. The van der Waals surface area contributed by atoms with Crippen LogP contribution in [0.1, 0.15) is 38.7 Å². The minimum Gasteiger partial charge on any atom is -0.494 e. The summed E-state index contributed by atoms with van der Waals surface area (Å²) in [6.45, 7) is 7.76. The normalized spacial score (nSPS) is 24.6. The van der Waals surface area contributed by atoms with Gasteiger partial charge < -0.3 is 19.5 Å². The van der Waals surface area contributed by atoms with Crippen LogP contribution in [0, 0.1) is 5.92 Å². The first-order valence-corrected chi connectivity index (χ1v) is 13.0. The number of carbonyl (C=O) groups is 2. The van der Waals surface area contributed by atoms with E-state index in [1.807, 2.05) is 50.2 Å². The molecule has 2 atom stereocenters. The third-order valence-corrected chi connectivity index (χ3v) is 7.64. The minimum atomic E-state index is -0.851. The van der Waals surface area contributed by atoms with E-state index in [1.54, 1.807) is 0 Å². The van der Waals surface area contributed by atoms with Gasteiger partial charge >= 0.3 is 6.03 Å². The summed E-state index contributed by atoms with van der Waals surface area (Å²) in [7, 11) is 0. The Morgan fingerprint density at radius 3 is 2.44 bits per heavy atom. The predicted molar refractivity (Wildman–Crippen MR) is 135 cm³/mol. The summed E-state index contributed by atoms with van der Waals surface area (Å²) < 4.78 is 17.3. The smallest absolute Gasteiger partial charge is 0.325 e. The molecule has 2 aromatic rings. The number of fused-ring (bicyclic) bond motifs is 1. The molecule has 2 saturated heterocycles. The fourth-order valence-corrected chi connectivity index (χ4v) is 5.67. The number of hydrogen-bond acceptors (Lipinski definition) is 6. The van der Waals surface area contributed by atoms with E-state index in [9.17, 15) is 9.59 Å². The van der Waals surface area contributed by atoms with Gasteiger partial charge in [-0.3, -0.25) is 14.6 Å². The van der Waals surface area contributed by atoms with Gasteiger partial charge in [-0.15, -0.1) is 0 Å². The molecule has 1 N–H and O–H groups in total. The topological polar surface area (TPSA) is 80.3 Å². The lowest BCUT2D eigenvalue weighted by atomic mass is 9.75. The second kappa shape index (κ2) is 10.4. The van der Waals surface area contributed by atoms with Crippen LogP contribution in [-0.4, -0.2) is 66.2 Å². The highest BCUT2D eigenvalue weighted by Gasteiger charge is 2.55. The number of piperidine rings is 1. The lowest BCUT2D eigenvalue weighted by Gasteiger charge is -2.40. The van der Waals surface area contributed by atoms with E-state index in [2.05, 4.69) is 22.3 Å². The van der Waals surface area contributed by atoms with Crippen LogP contribution >= 0.6 is 0 Å². The molecule has 3 heterocycles. The van der Waals surface area contributed by atoms with Crippen LogP contribution in [0.2, 0.25) is 0 Å². The van der Waals surface area contributed by atoms with Crippen LogP contribution in [0.5, 0.6) is 17.2 Å². The van der Waals surface area contributed by atoms with Crippen molar-refractivity contribution in [2.45, 2.75) is 51.3 Å². The quantitative estimate of drug-likeness (QED) is 0.563. The number of rotatable bonds is 8. The Hall–Kier alpha value is -3.26. The van der Waals surface area contributed by atoms with E-state index >= 15 is 0 Å². The Kier molecular flexibility index (Phi) is 7.05. The SMILES string of the molecule is CCOc1ccc(CN2CCC([C@@]3(CC)NC(=O)N(C[C@@H]4COc5ccccc5O4)C3=O)CC2)cc1. The Bertz CT molecular complexity index is 1080. The molecule has 3 aliphatic rings. The summed E-state index contributed by atoms with van der Waals surface area (Å²) in [5, 5.41) is 3.09. The van der Waals surface area contributed by atoms with E-state index in [-0.39, 0.29) is 24.4 Å². The lowest BCUT2D eigenvalue weighted by molar-refractivity contribution is -0.135. The number of urea groups is 1. The molecule has 3 amide bonds. The molecule has 0 saturated carbocycles. The van der Waals surface area contributed by atoms with E-state index in [4.69, 9.17) is 14.2 Å². The summed E-state index contributed by atoms with van der Waals surface area (Å²) in [4.78, 5) is 30.4. The molecule has 2 fully saturated rings. The Labute approximate surface area is 212 Å². The largest absolute Gasteiger partial charge is 0.494 e. The molecule has 0 unspecified atom stereocenters. The molecule has 36 heavy (non-hydrogen) atoms. The summed E-state index contributed by atoms with van der Waals surface area (Å²) in [6.07, 6.45) is 1.91. The third-order valence-electron chi connectivity index (χ3n) is 7.64. The zero-order valence-electron chi connectivity index (χ0n) is 21.1. The zero-order valence-corrected chi connectivity index (χ0v) is 21.1. The number of ether oxygens (including phenoxy) is 3. The average Bonchev–Trinajstić information content (AvgIpc) is 3.15. The monoisotopic (exact) mass is 493 g/mol. The number of carbonyl (C=O) groups excluding carboxylic acids is 2. The number of para-hydroxylation sites is 2. The molecular weight excluding hydrogens is 458 g/mol. The number of benzene rings is 2. The van der Waals surface area contributed by atoms with Crippen molar-refractivity contribution < 1.29 is 23.8 Å². The Balaban J connectivity index is 1.19. The zero-order chi connectivity index (χ0) is 25.1. The van der Waals surface area contributed by atoms with Crippen LogP contribution in [0.3, 0.4) is 0 Å². The fraction of sp³-hybridized carbons (Fsp3) is 0.500. The van der Waals surface area contributed by atoms with Crippen molar-refractivity contribution in [2.75, 3.05) is 32.8 Å². The highest BCUT2D eigenvalue weighted by Crippen LogP contribution is 2.37. The van der Waals surface area contributed by atoms with E-state index in [0.717, 1.165) is 38.2 Å². The van der Waals surface area contributed by atoms with Gasteiger partial charge in [0.25, 0.3) is 5.91 Å². The van der Waals surface area contributed by atoms with E-state index < -0.39 is 11.6 Å². The van der Waals surface area contributed by atoms with E-state index in [0.29, 0.717) is 31.1 Å². The second-order valence-electron chi connectivity index (χ2n) is 9.80. The van der Waals surface area contributed by atoms with Crippen molar-refractivity contribution in [3.8, 4) is 17.2 Å². The van der Waals surface area contributed by atoms with Gasteiger partial charge in [-0.25, -0.2) is 4.79 Å². The maximum absolute atomic E-state index is 13.7. The summed E-state index contributed by atoms with van der Waals surface area (Å²) >= 11 is 0. The van der Waals surface area contributed by atoms with Crippen LogP contribution < -0.4 is 19.5 Å². The van der Waals surface area contributed by atoms with Gasteiger partial charge in [0.05, 0.1) is 13.2 Å². The van der Waals surface area contributed by atoms with Crippen LogP contribution in [-0.2, 0) is 11.3 Å². The average molecular weight is 494 g/mol. The summed E-state index contributed by atoms with van der Waals surface area (Å²) in [6, 6.07) is 15.4. The Morgan fingerprint density at radius 1 is 1.03 bits per heavy atom. The standard InChI is InChI=1S/C28H35N3O5/c1-3-28(21-13-15-30(16-14-21)17-20-9-11-22(12-10-20)34-4-2)26(32)31(27(33)29-28)18-23-19-35-24-7-5-6-8-25(24)36-23/h5-12,21,23H,3-4,13-19H2,1-2H3,(H,29,33)/t23-,28-/m1/s1. The molecule has 0 spiro atoms. The van der Waals surface area contributed by atoms with Crippen LogP contribution in [0.25, 0.3) is 0 Å². The highest BCUT2D eigenvalue weighted by atomic mass is 16.6. The Morgan fingerprint density at radius 2 is 1.75 bits per heavy atom. The van der Waals surface area contributed by atoms with Gasteiger partial charge in [-0.05, 0) is 75.0 Å².